The van der Waals surface area contributed by atoms with Crippen LogP contribution in [0.25, 0.3) is 0 Å². The molecule has 0 amide bonds. The number of ether oxygens (including phenoxy) is 1. The number of hydrogen-bond donors (Lipinski definition) is 2. The molecule has 0 saturated carbocycles. The summed E-state index contributed by atoms with van der Waals surface area (Å²) in [4.78, 5) is 11.2. The third-order valence-electron chi connectivity index (χ3n) is 5.27. The van der Waals surface area contributed by atoms with Crippen LogP contribution in [0.3, 0.4) is 0 Å². The van der Waals surface area contributed by atoms with Gasteiger partial charge in [0.05, 0.1) is 6.42 Å². The first kappa shape index (κ1) is 30.4. The number of carbonyl (C=O) groups is 1. The Balaban J connectivity index is 0.00000242. The average Bonchev–Trinajstić information content (AvgIpc) is 2.97. The Labute approximate surface area is 202 Å². The van der Waals surface area contributed by atoms with E-state index in [4.69, 9.17) is 4.74 Å². The van der Waals surface area contributed by atoms with Gasteiger partial charge in [-0.1, -0.05) is 76.8 Å². The van der Waals surface area contributed by atoms with Gasteiger partial charge in [-0.2, -0.15) is 0 Å². The first-order valence-corrected chi connectivity index (χ1v) is 12.3. The van der Waals surface area contributed by atoms with Crippen LogP contribution in [0.2, 0.25) is 0 Å². The maximum Gasteiger partial charge on any atom is 0.307 e. The Bertz CT molecular complexity index is 788. The van der Waals surface area contributed by atoms with Gasteiger partial charge in [0.15, 0.2) is 0 Å². The predicted molar refractivity (Wildman–Crippen MR) is 142 cm³/mol. The van der Waals surface area contributed by atoms with E-state index in [1.165, 1.54) is 0 Å². The first-order chi connectivity index (χ1) is 16.0. The van der Waals surface area contributed by atoms with Crippen molar-refractivity contribution >= 4 is 5.97 Å². The number of carboxylic acids is 1. The highest BCUT2D eigenvalue weighted by Crippen LogP contribution is 2.34. The van der Waals surface area contributed by atoms with E-state index >= 15 is 0 Å². The zero-order valence-corrected chi connectivity index (χ0v) is 21.7. The minimum absolute atomic E-state index is 0.00957. The number of hydrogen-bond acceptors (Lipinski definition) is 3. The maximum absolute atomic E-state index is 11.2. The van der Waals surface area contributed by atoms with E-state index in [2.05, 4.69) is 24.6 Å². The third-order valence-corrected chi connectivity index (χ3v) is 5.27. The van der Waals surface area contributed by atoms with Gasteiger partial charge in [0.1, 0.15) is 12.4 Å². The lowest BCUT2D eigenvalue weighted by molar-refractivity contribution is -0.136. The van der Waals surface area contributed by atoms with Gasteiger partial charge < -0.3 is 15.2 Å². The molecule has 0 bridgehead atoms. The van der Waals surface area contributed by atoms with Gasteiger partial charge in [0.25, 0.3) is 0 Å². The summed E-state index contributed by atoms with van der Waals surface area (Å²) in [7, 11) is 0. The minimum Gasteiger partial charge on any atom is -0.488 e. The first-order valence-electron chi connectivity index (χ1n) is 12.3. The van der Waals surface area contributed by atoms with E-state index in [1.54, 1.807) is 6.08 Å². The van der Waals surface area contributed by atoms with E-state index in [1.807, 2.05) is 65.8 Å². The molecule has 0 unspecified atom stereocenters. The summed E-state index contributed by atoms with van der Waals surface area (Å²) >= 11 is 0. The molecule has 0 aromatic carbocycles. The van der Waals surface area contributed by atoms with E-state index in [-0.39, 0.29) is 6.42 Å². The molecule has 1 fully saturated rings. The largest absolute Gasteiger partial charge is 0.488 e. The number of carboxylic acid groups (broad SMARTS) is 1. The van der Waals surface area contributed by atoms with Crippen LogP contribution >= 0.6 is 0 Å². The molecule has 0 aliphatic carbocycles. The number of rotatable bonds is 8. The summed E-state index contributed by atoms with van der Waals surface area (Å²) in [5.74, 6) is 0.468. The lowest BCUT2D eigenvalue weighted by Gasteiger charge is -2.22. The summed E-state index contributed by atoms with van der Waals surface area (Å²) < 4.78 is 6.05. The highest BCUT2D eigenvalue weighted by Gasteiger charge is 2.21. The van der Waals surface area contributed by atoms with Gasteiger partial charge in [-0.3, -0.25) is 4.79 Å². The fourth-order valence-electron chi connectivity index (χ4n) is 3.82. The normalized spacial score (nSPS) is 18.6. The van der Waals surface area contributed by atoms with Crippen molar-refractivity contribution in [2.45, 2.75) is 67.2 Å². The van der Waals surface area contributed by atoms with Crippen LogP contribution in [-0.4, -0.2) is 30.8 Å². The lowest BCUT2D eigenvalue weighted by atomic mass is 9.87. The van der Waals surface area contributed by atoms with Crippen LogP contribution in [0.1, 0.15) is 67.2 Å². The fraction of sp³-hybridized carbons (Fsp3) is 0.483. The summed E-state index contributed by atoms with van der Waals surface area (Å²) in [6.07, 6.45) is 15.1. The Kier molecular flexibility index (Phi) is 16.5. The van der Waals surface area contributed by atoms with E-state index in [0.717, 1.165) is 60.2 Å². The minimum atomic E-state index is -0.844. The van der Waals surface area contributed by atoms with Crippen LogP contribution in [0.4, 0.5) is 0 Å². The summed E-state index contributed by atoms with van der Waals surface area (Å²) in [5, 5.41) is 12.6. The van der Waals surface area contributed by atoms with Crippen molar-refractivity contribution in [2.75, 3.05) is 19.7 Å². The Hall–Kier alpha value is -2.59. The molecular formula is C29H45NO3. The number of nitrogens with one attached hydrogen (secondary N) is 1. The van der Waals surface area contributed by atoms with Crippen LogP contribution in [-0.2, 0) is 9.53 Å². The Morgan fingerprint density at radius 2 is 1.76 bits per heavy atom. The van der Waals surface area contributed by atoms with E-state index < -0.39 is 5.97 Å². The molecule has 4 heteroatoms. The predicted octanol–water partition coefficient (Wildman–Crippen LogP) is 7.30. The molecule has 0 aromatic rings. The SMILES string of the molecule is C=CC1=C(/C=C(\C)CC(=O)O)/C(=C/CC2CCNCC2)C(C=C)=C(/C=C\C)CO1.CC.CC. The maximum atomic E-state index is 11.2. The highest BCUT2D eigenvalue weighted by molar-refractivity contribution is 5.71. The molecule has 0 spiro atoms. The Morgan fingerprint density at radius 3 is 2.27 bits per heavy atom. The van der Waals surface area contributed by atoms with Crippen molar-refractivity contribution in [1.29, 1.82) is 0 Å². The molecule has 2 rings (SSSR count). The van der Waals surface area contributed by atoms with Crippen molar-refractivity contribution in [3.63, 3.8) is 0 Å². The molecule has 2 aliphatic rings. The zero-order valence-electron chi connectivity index (χ0n) is 21.7. The van der Waals surface area contributed by atoms with Gasteiger partial charge in [0, 0.05) is 5.57 Å². The standard InChI is InChI=1S/C25H33NO3.2C2H6/c1-5-8-20-17-29-24(7-3)23(15-18(4)16-25(27)28)22(21(20)6-2)10-9-19-11-13-26-14-12-19;2*1-2/h5-8,10,15,19,26H,2-3,9,11-14,16-17H2,1,4H3,(H,27,28);2*1-2H3/b8-5-,18-15+,22-10+;;. The van der Waals surface area contributed by atoms with Crippen molar-refractivity contribution in [1.82, 2.24) is 5.32 Å². The quantitative estimate of drug-likeness (QED) is 0.403. The molecule has 2 aliphatic heterocycles. The molecule has 2 N–H and O–H groups in total. The summed E-state index contributed by atoms with van der Waals surface area (Å²) in [6.45, 7) is 22.3. The van der Waals surface area contributed by atoms with Gasteiger partial charge in [0.2, 0.25) is 0 Å². The highest BCUT2D eigenvalue weighted by atomic mass is 16.5. The second-order valence-electron chi connectivity index (χ2n) is 7.52. The lowest BCUT2D eigenvalue weighted by Crippen LogP contribution is -2.27. The van der Waals surface area contributed by atoms with Gasteiger partial charge in [-0.05, 0) is 74.9 Å². The van der Waals surface area contributed by atoms with Crippen LogP contribution < -0.4 is 5.32 Å². The summed E-state index contributed by atoms with van der Waals surface area (Å²) in [6, 6.07) is 0. The molecule has 0 atom stereocenters. The Morgan fingerprint density at radius 1 is 1.12 bits per heavy atom. The van der Waals surface area contributed by atoms with Crippen LogP contribution in [0.15, 0.2) is 83.2 Å². The van der Waals surface area contributed by atoms with Crippen LogP contribution in [0.5, 0.6) is 0 Å². The van der Waals surface area contributed by atoms with Gasteiger partial charge >= 0.3 is 5.97 Å². The molecule has 2 heterocycles. The fourth-order valence-corrected chi connectivity index (χ4v) is 3.82. The molecule has 33 heavy (non-hydrogen) atoms. The zero-order chi connectivity index (χ0) is 25.2. The second-order valence-corrected chi connectivity index (χ2v) is 7.52. The molecule has 184 valence electrons. The molecule has 1 saturated heterocycles. The molecule has 0 aromatic heterocycles. The van der Waals surface area contributed by atoms with Gasteiger partial charge in [-0.15, -0.1) is 0 Å². The monoisotopic (exact) mass is 455 g/mol. The average molecular weight is 456 g/mol. The van der Waals surface area contributed by atoms with Crippen molar-refractivity contribution in [3.8, 4) is 0 Å². The van der Waals surface area contributed by atoms with Crippen molar-refractivity contribution < 1.29 is 14.6 Å². The molecular weight excluding hydrogens is 410 g/mol. The van der Waals surface area contributed by atoms with E-state index in [0.29, 0.717) is 18.3 Å². The molecule has 4 nitrogen and oxygen atoms in total. The van der Waals surface area contributed by atoms with E-state index in [9.17, 15) is 9.90 Å². The topological polar surface area (TPSA) is 58.6 Å². The number of allylic oxidation sites excluding steroid dienone is 8. The number of piperidine rings is 1. The number of aliphatic carboxylic acids is 1. The second kappa shape index (κ2) is 17.9. The van der Waals surface area contributed by atoms with Crippen molar-refractivity contribution in [2.24, 2.45) is 5.92 Å². The van der Waals surface area contributed by atoms with Crippen LogP contribution in [0, 0.1) is 5.92 Å². The third kappa shape index (κ3) is 10.3. The summed E-state index contributed by atoms with van der Waals surface area (Å²) in [5.41, 5.74) is 4.77. The smallest absolute Gasteiger partial charge is 0.307 e. The van der Waals surface area contributed by atoms with Gasteiger partial charge in [-0.25, -0.2) is 0 Å². The van der Waals surface area contributed by atoms with Crippen molar-refractivity contribution in [3.05, 3.63) is 83.2 Å². The molecule has 0 radical (unpaired) electrons.